The zero-order chi connectivity index (χ0) is 15.0. The van der Waals surface area contributed by atoms with E-state index >= 15 is 0 Å². The van der Waals surface area contributed by atoms with Gasteiger partial charge in [-0.3, -0.25) is 4.68 Å². The molecular formula is C13H18N4O2S2. The molecule has 2 aromatic heterocycles. The van der Waals surface area contributed by atoms with Crippen LogP contribution in [0.15, 0.2) is 28.6 Å². The van der Waals surface area contributed by atoms with E-state index in [9.17, 15) is 8.42 Å². The highest BCUT2D eigenvalue weighted by Gasteiger charge is 2.31. The summed E-state index contributed by atoms with van der Waals surface area (Å²) >= 11 is 1.50. The summed E-state index contributed by atoms with van der Waals surface area (Å²) in [4.78, 5) is 3.32. The third-order valence-corrected chi connectivity index (χ3v) is 6.41. The first-order valence-electron chi connectivity index (χ1n) is 6.75. The Kier molecular flexibility index (Phi) is 3.87. The first kappa shape index (κ1) is 14.7. The SMILES string of the molecule is CN1CCN(S(=O)(=O)c2cn(C)nc2-c2cccs2)CC1. The molecule has 3 heterocycles. The molecular weight excluding hydrogens is 308 g/mol. The molecule has 0 bridgehead atoms. The molecule has 21 heavy (non-hydrogen) atoms. The summed E-state index contributed by atoms with van der Waals surface area (Å²) in [5.41, 5.74) is 0.548. The Bertz CT molecular complexity index is 713. The Balaban J connectivity index is 2.00. The minimum atomic E-state index is -3.49. The lowest BCUT2D eigenvalue weighted by molar-refractivity contribution is 0.222. The van der Waals surface area contributed by atoms with Gasteiger partial charge >= 0.3 is 0 Å². The molecule has 0 atom stereocenters. The Hall–Kier alpha value is -1.22. The maximum Gasteiger partial charge on any atom is 0.246 e. The van der Waals surface area contributed by atoms with Gasteiger partial charge in [-0.05, 0) is 18.5 Å². The van der Waals surface area contributed by atoms with Crippen LogP contribution in [0, 0.1) is 0 Å². The van der Waals surface area contributed by atoms with E-state index in [2.05, 4.69) is 10.00 Å². The fourth-order valence-corrected chi connectivity index (χ4v) is 4.80. The van der Waals surface area contributed by atoms with E-state index in [1.54, 1.807) is 22.2 Å². The minimum Gasteiger partial charge on any atom is -0.304 e. The molecule has 3 rings (SSSR count). The molecule has 1 fully saturated rings. The van der Waals surface area contributed by atoms with Crippen molar-refractivity contribution >= 4 is 21.4 Å². The third-order valence-electron chi connectivity index (χ3n) is 3.63. The van der Waals surface area contributed by atoms with Gasteiger partial charge in [0.15, 0.2) is 0 Å². The molecule has 0 spiro atoms. The smallest absolute Gasteiger partial charge is 0.246 e. The van der Waals surface area contributed by atoms with Gasteiger partial charge in [0.25, 0.3) is 0 Å². The number of rotatable bonds is 3. The summed E-state index contributed by atoms with van der Waals surface area (Å²) in [6.07, 6.45) is 1.60. The third kappa shape index (κ3) is 2.76. The average Bonchev–Trinajstić information content (AvgIpc) is 3.08. The molecule has 0 radical (unpaired) electrons. The lowest BCUT2D eigenvalue weighted by Gasteiger charge is -2.31. The first-order valence-corrected chi connectivity index (χ1v) is 9.06. The molecule has 1 saturated heterocycles. The van der Waals surface area contributed by atoms with Crippen LogP contribution in [0.25, 0.3) is 10.6 Å². The fraction of sp³-hybridized carbons (Fsp3) is 0.462. The zero-order valence-corrected chi connectivity index (χ0v) is 13.7. The lowest BCUT2D eigenvalue weighted by atomic mass is 10.3. The maximum atomic E-state index is 12.9. The van der Waals surface area contributed by atoms with Crippen molar-refractivity contribution in [1.29, 1.82) is 0 Å². The number of thiophene rings is 1. The van der Waals surface area contributed by atoms with Crippen LogP contribution in [-0.4, -0.2) is 60.6 Å². The highest BCUT2D eigenvalue weighted by atomic mass is 32.2. The van der Waals surface area contributed by atoms with E-state index in [1.165, 1.54) is 11.3 Å². The summed E-state index contributed by atoms with van der Waals surface area (Å²) in [6.45, 7) is 2.57. The van der Waals surface area contributed by atoms with Crippen molar-refractivity contribution in [2.75, 3.05) is 33.2 Å². The molecule has 8 heteroatoms. The molecule has 0 aliphatic carbocycles. The topological polar surface area (TPSA) is 58.4 Å². The summed E-state index contributed by atoms with van der Waals surface area (Å²) < 4.78 is 28.9. The van der Waals surface area contributed by atoms with E-state index < -0.39 is 10.0 Å². The van der Waals surface area contributed by atoms with Gasteiger partial charge in [-0.2, -0.15) is 9.40 Å². The van der Waals surface area contributed by atoms with Crippen LogP contribution in [-0.2, 0) is 17.1 Å². The van der Waals surface area contributed by atoms with Crippen LogP contribution >= 0.6 is 11.3 Å². The maximum absolute atomic E-state index is 12.9. The summed E-state index contributed by atoms with van der Waals surface area (Å²) in [5.74, 6) is 0. The van der Waals surface area contributed by atoms with Crippen LogP contribution in [0.3, 0.4) is 0 Å². The predicted octanol–water partition coefficient (Wildman–Crippen LogP) is 1.08. The summed E-state index contributed by atoms with van der Waals surface area (Å²) in [5, 5.41) is 6.27. The van der Waals surface area contributed by atoms with E-state index in [0.717, 1.165) is 18.0 Å². The van der Waals surface area contributed by atoms with Crippen molar-refractivity contribution in [3.63, 3.8) is 0 Å². The number of piperazine rings is 1. The zero-order valence-electron chi connectivity index (χ0n) is 12.1. The molecule has 2 aromatic rings. The largest absolute Gasteiger partial charge is 0.304 e. The Labute approximate surface area is 128 Å². The molecule has 0 unspecified atom stereocenters. The van der Waals surface area contributed by atoms with Crippen molar-refractivity contribution in [3.05, 3.63) is 23.7 Å². The van der Waals surface area contributed by atoms with Crippen molar-refractivity contribution < 1.29 is 8.42 Å². The number of likely N-dealkylation sites (N-methyl/N-ethyl adjacent to an activating group) is 1. The summed E-state index contributed by atoms with van der Waals surface area (Å²) in [6, 6.07) is 3.80. The van der Waals surface area contributed by atoms with Gasteiger partial charge in [0.2, 0.25) is 10.0 Å². The quantitative estimate of drug-likeness (QED) is 0.847. The van der Waals surface area contributed by atoms with Crippen molar-refractivity contribution in [2.24, 2.45) is 7.05 Å². The Morgan fingerprint density at radius 2 is 1.90 bits per heavy atom. The number of sulfonamides is 1. The molecule has 0 amide bonds. The molecule has 0 saturated carbocycles. The van der Waals surface area contributed by atoms with Crippen LogP contribution < -0.4 is 0 Å². The second-order valence-corrected chi connectivity index (χ2v) is 8.05. The normalized spacial score (nSPS) is 18.2. The van der Waals surface area contributed by atoms with Gasteiger partial charge in [-0.25, -0.2) is 8.42 Å². The van der Waals surface area contributed by atoms with Crippen LogP contribution in [0.5, 0.6) is 0 Å². The number of hydrogen-bond acceptors (Lipinski definition) is 5. The monoisotopic (exact) mass is 326 g/mol. The first-order chi connectivity index (χ1) is 9.98. The Morgan fingerprint density at radius 3 is 2.52 bits per heavy atom. The molecule has 0 N–H and O–H groups in total. The van der Waals surface area contributed by atoms with Crippen molar-refractivity contribution in [1.82, 2.24) is 19.0 Å². The van der Waals surface area contributed by atoms with Gasteiger partial charge in [-0.15, -0.1) is 11.3 Å². The van der Waals surface area contributed by atoms with E-state index in [-0.39, 0.29) is 0 Å². The number of aromatic nitrogens is 2. The highest BCUT2D eigenvalue weighted by Crippen LogP contribution is 2.31. The summed E-state index contributed by atoms with van der Waals surface area (Å²) in [7, 11) is 0.264. The predicted molar refractivity (Wildman–Crippen MR) is 82.8 cm³/mol. The van der Waals surface area contributed by atoms with E-state index in [1.807, 2.05) is 24.6 Å². The second kappa shape index (κ2) is 5.53. The van der Waals surface area contributed by atoms with Crippen molar-refractivity contribution in [2.45, 2.75) is 4.90 Å². The number of hydrogen-bond donors (Lipinski definition) is 0. The van der Waals surface area contributed by atoms with Gasteiger partial charge < -0.3 is 4.90 Å². The van der Waals surface area contributed by atoms with Gasteiger partial charge in [-0.1, -0.05) is 6.07 Å². The van der Waals surface area contributed by atoms with Gasteiger partial charge in [0.05, 0.1) is 4.88 Å². The van der Waals surface area contributed by atoms with Crippen LogP contribution in [0.2, 0.25) is 0 Å². The molecule has 114 valence electrons. The molecule has 0 aromatic carbocycles. The molecule has 1 aliphatic heterocycles. The highest BCUT2D eigenvalue weighted by molar-refractivity contribution is 7.89. The van der Waals surface area contributed by atoms with Gasteiger partial charge in [0.1, 0.15) is 10.6 Å². The second-order valence-electron chi connectivity index (χ2n) is 5.20. The Morgan fingerprint density at radius 1 is 1.19 bits per heavy atom. The number of aryl methyl sites for hydroxylation is 1. The van der Waals surface area contributed by atoms with Crippen LogP contribution in [0.4, 0.5) is 0 Å². The molecule has 6 nitrogen and oxygen atoms in total. The standard InChI is InChI=1S/C13H18N4O2S2/c1-15-5-7-17(8-6-15)21(18,19)12-10-16(2)14-13(12)11-4-3-9-20-11/h3-4,9-10H,5-8H2,1-2H3. The average molecular weight is 326 g/mol. The lowest BCUT2D eigenvalue weighted by Crippen LogP contribution is -2.47. The number of nitrogens with zero attached hydrogens (tertiary/aromatic N) is 4. The van der Waals surface area contributed by atoms with Crippen molar-refractivity contribution in [3.8, 4) is 10.6 Å². The van der Waals surface area contributed by atoms with Crippen LogP contribution in [0.1, 0.15) is 0 Å². The molecule has 1 aliphatic rings. The van der Waals surface area contributed by atoms with E-state index in [0.29, 0.717) is 23.7 Å². The van der Waals surface area contributed by atoms with Gasteiger partial charge in [0, 0.05) is 39.4 Å². The fourth-order valence-electron chi connectivity index (χ4n) is 2.41. The van der Waals surface area contributed by atoms with E-state index in [4.69, 9.17) is 0 Å². The minimum absolute atomic E-state index is 0.303.